The van der Waals surface area contributed by atoms with Crippen molar-refractivity contribution < 1.29 is 14.3 Å². The molecule has 0 radical (unpaired) electrons. The molecule has 122 valence electrons. The van der Waals surface area contributed by atoms with Crippen LogP contribution in [-0.2, 0) is 4.79 Å². The van der Waals surface area contributed by atoms with Gasteiger partial charge in [0.2, 0.25) is 5.91 Å². The van der Waals surface area contributed by atoms with E-state index < -0.39 is 0 Å². The van der Waals surface area contributed by atoms with Crippen LogP contribution in [0.25, 0.3) is 0 Å². The van der Waals surface area contributed by atoms with E-state index in [4.69, 9.17) is 9.47 Å². The molecule has 1 aromatic rings. The van der Waals surface area contributed by atoms with Crippen LogP contribution in [0.4, 0.5) is 5.69 Å². The smallest absolute Gasteiger partial charge is 0.238 e. The van der Waals surface area contributed by atoms with E-state index in [1.54, 1.807) is 26.4 Å². The molecule has 0 aromatic heterocycles. The van der Waals surface area contributed by atoms with Crippen LogP contribution < -0.4 is 14.8 Å². The summed E-state index contributed by atoms with van der Waals surface area (Å²) < 4.78 is 10.4. The first kappa shape index (κ1) is 16.6. The third-order valence-corrected chi connectivity index (χ3v) is 3.95. The fraction of sp³-hybridized carbons (Fsp3) is 0.562. The van der Waals surface area contributed by atoms with E-state index in [0.717, 1.165) is 38.4 Å². The Morgan fingerprint density at radius 1 is 1.09 bits per heavy atom. The lowest BCUT2D eigenvalue weighted by Gasteiger charge is -2.33. The van der Waals surface area contributed by atoms with Gasteiger partial charge in [0.15, 0.2) is 11.5 Å². The van der Waals surface area contributed by atoms with Crippen LogP contribution in [0.2, 0.25) is 0 Å². The van der Waals surface area contributed by atoms with Crippen LogP contribution >= 0.6 is 0 Å². The van der Waals surface area contributed by atoms with Gasteiger partial charge in [-0.3, -0.25) is 9.69 Å². The predicted molar refractivity (Wildman–Crippen MR) is 86.7 cm³/mol. The van der Waals surface area contributed by atoms with Gasteiger partial charge in [-0.25, -0.2) is 0 Å². The Kier molecular flexibility index (Phi) is 6.03. The number of carbonyl (C=O) groups excluding carboxylic acids is 1. The highest BCUT2D eigenvalue weighted by Gasteiger charge is 2.18. The van der Waals surface area contributed by atoms with E-state index in [1.807, 2.05) is 6.07 Å². The maximum atomic E-state index is 12.1. The first-order chi connectivity index (χ1) is 10.7. The minimum absolute atomic E-state index is 0.00262. The Morgan fingerprint density at radius 3 is 2.32 bits per heavy atom. The number of piperazine rings is 1. The molecule has 6 heteroatoms. The first-order valence-corrected chi connectivity index (χ1v) is 7.62. The van der Waals surface area contributed by atoms with Gasteiger partial charge in [0.05, 0.1) is 20.8 Å². The molecule has 1 aliphatic heterocycles. The van der Waals surface area contributed by atoms with Gasteiger partial charge in [0.1, 0.15) is 0 Å². The maximum absolute atomic E-state index is 12.1. The molecule has 1 fully saturated rings. The van der Waals surface area contributed by atoms with Crippen molar-refractivity contribution in [3.8, 4) is 11.5 Å². The fourth-order valence-electron chi connectivity index (χ4n) is 2.58. The average molecular weight is 307 g/mol. The van der Waals surface area contributed by atoms with Crippen molar-refractivity contribution in [2.24, 2.45) is 0 Å². The molecule has 0 saturated carbocycles. The van der Waals surface area contributed by atoms with Crippen LogP contribution in [0.3, 0.4) is 0 Å². The molecule has 0 unspecified atom stereocenters. The van der Waals surface area contributed by atoms with Gasteiger partial charge in [-0.2, -0.15) is 0 Å². The molecule has 1 aliphatic rings. The number of hydrogen-bond donors (Lipinski definition) is 1. The second-order valence-electron chi connectivity index (χ2n) is 5.33. The van der Waals surface area contributed by atoms with Crippen LogP contribution in [-0.4, -0.2) is 69.2 Å². The molecule has 1 heterocycles. The van der Waals surface area contributed by atoms with Crippen molar-refractivity contribution in [2.75, 3.05) is 58.8 Å². The van der Waals surface area contributed by atoms with Crippen molar-refractivity contribution in [2.45, 2.75) is 6.92 Å². The average Bonchev–Trinajstić information content (AvgIpc) is 2.55. The normalized spacial score (nSPS) is 16.3. The Hall–Kier alpha value is -1.79. The number of likely N-dealkylation sites (N-methyl/N-ethyl adjacent to an activating group) is 1. The Morgan fingerprint density at radius 2 is 1.73 bits per heavy atom. The van der Waals surface area contributed by atoms with Gasteiger partial charge in [-0.15, -0.1) is 0 Å². The number of anilines is 1. The number of methoxy groups -OCH3 is 2. The molecule has 1 saturated heterocycles. The van der Waals surface area contributed by atoms with Crippen LogP contribution in [0, 0.1) is 0 Å². The number of hydrogen-bond acceptors (Lipinski definition) is 5. The molecule has 0 atom stereocenters. The molecule has 2 rings (SSSR count). The molecular formula is C16H25N3O3. The minimum atomic E-state index is -0.00262. The highest BCUT2D eigenvalue weighted by atomic mass is 16.5. The Balaban J connectivity index is 1.87. The minimum Gasteiger partial charge on any atom is -0.493 e. The topological polar surface area (TPSA) is 54.0 Å². The van der Waals surface area contributed by atoms with Gasteiger partial charge in [0.25, 0.3) is 0 Å². The second kappa shape index (κ2) is 8.00. The second-order valence-corrected chi connectivity index (χ2v) is 5.33. The van der Waals surface area contributed by atoms with E-state index in [9.17, 15) is 4.79 Å². The number of nitrogens with zero attached hydrogens (tertiary/aromatic N) is 2. The highest BCUT2D eigenvalue weighted by molar-refractivity contribution is 5.92. The summed E-state index contributed by atoms with van der Waals surface area (Å²) in [5.74, 6) is 1.25. The monoisotopic (exact) mass is 307 g/mol. The van der Waals surface area contributed by atoms with Gasteiger partial charge < -0.3 is 19.7 Å². The summed E-state index contributed by atoms with van der Waals surface area (Å²) in [6.45, 7) is 7.59. The number of rotatable bonds is 6. The van der Waals surface area contributed by atoms with Crippen molar-refractivity contribution in [3.05, 3.63) is 18.2 Å². The van der Waals surface area contributed by atoms with E-state index >= 15 is 0 Å². The van der Waals surface area contributed by atoms with E-state index in [0.29, 0.717) is 18.0 Å². The van der Waals surface area contributed by atoms with Gasteiger partial charge in [-0.1, -0.05) is 6.92 Å². The molecule has 0 aliphatic carbocycles. The Bertz CT molecular complexity index is 499. The van der Waals surface area contributed by atoms with E-state index in [-0.39, 0.29) is 5.91 Å². The van der Waals surface area contributed by atoms with Crippen molar-refractivity contribution >= 4 is 11.6 Å². The zero-order valence-corrected chi connectivity index (χ0v) is 13.6. The van der Waals surface area contributed by atoms with Gasteiger partial charge in [0, 0.05) is 37.9 Å². The SMILES string of the molecule is CCN1CCN(CC(=O)Nc2ccc(OC)c(OC)c2)CC1. The van der Waals surface area contributed by atoms with Crippen LogP contribution in [0.5, 0.6) is 11.5 Å². The van der Waals surface area contributed by atoms with Crippen LogP contribution in [0.1, 0.15) is 6.92 Å². The number of nitrogens with one attached hydrogen (secondary N) is 1. The van der Waals surface area contributed by atoms with Crippen molar-refractivity contribution in [1.29, 1.82) is 0 Å². The van der Waals surface area contributed by atoms with E-state index in [2.05, 4.69) is 22.0 Å². The zero-order valence-electron chi connectivity index (χ0n) is 13.6. The molecule has 6 nitrogen and oxygen atoms in total. The summed E-state index contributed by atoms with van der Waals surface area (Å²) in [7, 11) is 3.17. The summed E-state index contributed by atoms with van der Waals surface area (Å²) >= 11 is 0. The van der Waals surface area contributed by atoms with Crippen LogP contribution in [0.15, 0.2) is 18.2 Å². The predicted octanol–water partition coefficient (Wildman–Crippen LogP) is 1.28. The summed E-state index contributed by atoms with van der Waals surface area (Å²) in [5, 5.41) is 2.91. The summed E-state index contributed by atoms with van der Waals surface area (Å²) in [4.78, 5) is 16.7. The lowest BCUT2D eigenvalue weighted by Crippen LogP contribution is -2.48. The van der Waals surface area contributed by atoms with E-state index in [1.165, 1.54) is 0 Å². The molecule has 0 spiro atoms. The first-order valence-electron chi connectivity index (χ1n) is 7.62. The standard InChI is InChI=1S/C16H25N3O3/c1-4-18-7-9-19(10-8-18)12-16(20)17-13-5-6-14(21-2)15(11-13)22-3/h5-6,11H,4,7-10,12H2,1-3H3,(H,17,20). The molecule has 1 amide bonds. The largest absolute Gasteiger partial charge is 0.493 e. The van der Waals surface area contributed by atoms with Gasteiger partial charge in [-0.05, 0) is 18.7 Å². The molecule has 0 bridgehead atoms. The molecule has 1 N–H and O–H groups in total. The quantitative estimate of drug-likeness (QED) is 0.858. The summed E-state index contributed by atoms with van der Waals surface area (Å²) in [6, 6.07) is 5.37. The molecule has 1 aromatic carbocycles. The summed E-state index contributed by atoms with van der Waals surface area (Å²) in [5.41, 5.74) is 0.717. The third-order valence-electron chi connectivity index (χ3n) is 3.95. The Labute approximate surface area is 132 Å². The molecule has 22 heavy (non-hydrogen) atoms. The number of carbonyl (C=O) groups is 1. The number of benzene rings is 1. The van der Waals surface area contributed by atoms with Gasteiger partial charge >= 0.3 is 0 Å². The third kappa shape index (κ3) is 4.35. The van der Waals surface area contributed by atoms with Crippen molar-refractivity contribution in [1.82, 2.24) is 9.80 Å². The molecular weight excluding hydrogens is 282 g/mol. The zero-order chi connectivity index (χ0) is 15.9. The number of amides is 1. The summed E-state index contributed by atoms with van der Waals surface area (Å²) in [6.07, 6.45) is 0. The lowest BCUT2D eigenvalue weighted by atomic mass is 10.2. The maximum Gasteiger partial charge on any atom is 0.238 e. The highest BCUT2D eigenvalue weighted by Crippen LogP contribution is 2.29. The number of ether oxygens (including phenoxy) is 2. The fourth-order valence-corrected chi connectivity index (χ4v) is 2.58. The van der Waals surface area contributed by atoms with Crippen molar-refractivity contribution in [3.63, 3.8) is 0 Å². The lowest BCUT2D eigenvalue weighted by molar-refractivity contribution is -0.117.